The number of likely N-dealkylation sites (tertiary alicyclic amines) is 1. The zero-order valence-electron chi connectivity index (χ0n) is 23.3. The molecule has 3 aliphatic carbocycles. The van der Waals surface area contributed by atoms with Crippen molar-refractivity contribution in [3.8, 4) is 0 Å². The van der Waals surface area contributed by atoms with Crippen LogP contribution in [0.25, 0.3) is 0 Å². The average molecular weight is 532 g/mol. The van der Waals surface area contributed by atoms with Crippen LogP contribution in [0.2, 0.25) is 0 Å². The van der Waals surface area contributed by atoms with Crippen molar-refractivity contribution in [1.29, 1.82) is 0 Å². The second-order valence-corrected chi connectivity index (χ2v) is 12.9. The maximum Gasteiger partial charge on any atom is 0.315 e. The molecule has 1 saturated heterocycles. The number of nitrogens with two attached hydrogens (primary N) is 1. The maximum absolute atomic E-state index is 14.1. The highest BCUT2D eigenvalue weighted by Gasteiger charge is 2.69. The molecular weight excluding hydrogens is 486 g/mol. The van der Waals surface area contributed by atoms with Gasteiger partial charge in [-0.25, -0.2) is 4.79 Å². The molecule has 1 heterocycles. The lowest BCUT2D eigenvalue weighted by Gasteiger charge is -2.37. The molecule has 0 aromatic rings. The molecule has 5 amide bonds. The second kappa shape index (κ2) is 11.2. The number of nitrogens with one attached hydrogen (secondary N) is 3. The minimum Gasteiger partial charge on any atom is -0.363 e. The van der Waals surface area contributed by atoms with E-state index in [9.17, 15) is 24.0 Å². The van der Waals surface area contributed by atoms with Crippen molar-refractivity contribution in [2.45, 2.75) is 110 Å². The average Bonchev–Trinajstić information content (AvgIpc) is 3.16. The minimum absolute atomic E-state index is 0.00520. The Morgan fingerprint density at radius 2 is 1.58 bits per heavy atom. The summed E-state index contributed by atoms with van der Waals surface area (Å²) in [6.07, 6.45) is 8.17. The highest BCUT2D eigenvalue weighted by Crippen LogP contribution is 2.65. The Kier molecular flexibility index (Phi) is 8.37. The van der Waals surface area contributed by atoms with Gasteiger partial charge in [0, 0.05) is 12.6 Å². The summed E-state index contributed by atoms with van der Waals surface area (Å²) in [7, 11) is 0. The van der Waals surface area contributed by atoms with Gasteiger partial charge in [0.15, 0.2) is 0 Å². The maximum atomic E-state index is 14.1. The van der Waals surface area contributed by atoms with Gasteiger partial charge >= 0.3 is 6.03 Å². The number of nitrogens with zero attached hydrogens (tertiary/aromatic N) is 1. The van der Waals surface area contributed by atoms with Crippen LogP contribution in [0.3, 0.4) is 0 Å². The standard InChI is InChI=1S/C28H45N5O5/c1-15(2)30-27(38)32-21(17-11-6-5-7-12-17)26(37)33-14-18-20(28(18,3)4)22(33)25(36)31-19(23(34)24(29)35)13-16-9-8-10-16/h15-22H,5-14H2,1-4H3,(H2,29,35)(H,31,36)(H2,30,32,38)/t18?,19?,20?,21?,22-/m0/s1. The predicted octanol–water partition coefficient (Wildman–Crippen LogP) is 1.86. The fourth-order valence-corrected chi connectivity index (χ4v) is 7.01. The first-order valence-electron chi connectivity index (χ1n) is 14.4. The van der Waals surface area contributed by atoms with Gasteiger partial charge in [0.1, 0.15) is 12.1 Å². The molecule has 0 aromatic heterocycles. The van der Waals surface area contributed by atoms with Crippen LogP contribution in [0.4, 0.5) is 4.79 Å². The Morgan fingerprint density at radius 3 is 2.13 bits per heavy atom. The van der Waals surface area contributed by atoms with E-state index in [0.29, 0.717) is 13.0 Å². The van der Waals surface area contributed by atoms with Crippen LogP contribution in [-0.2, 0) is 19.2 Å². The first-order chi connectivity index (χ1) is 17.9. The van der Waals surface area contributed by atoms with Gasteiger partial charge in [0.25, 0.3) is 5.91 Å². The van der Waals surface area contributed by atoms with E-state index in [1.54, 1.807) is 4.90 Å². The summed E-state index contributed by atoms with van der Waals surface area (Å²) < 4.78 is 0. The van der Waals surface area contributed by atoms with Crippen molar-refractivity contribution < 1.29 is 24.0 Å². The number of rotatable bonds is 10. The van der Waals surface area contributed by atoms with Gasteiger partial charge in [-0.2, -0.15) is 0 Å². The third kappa shape index (κ3) is 5.83. The summed E-state index contributed by atoms with van der Waals surface area (Å²) in [6, 6.07) is -2.92. The van der Waals surface area contributed by atoms with Gasteiger partial charge in [-0.3, -0.25) is 19.2 Å². The number of amides is 5. The van der Waals surface area contributed by atoms with Gasteiger partial charge in [0.2, 0.25) is 17.6 Å². The molecule has 0 spiro atoms. The Bertz CT molecular complexity index is 955. The number of fused-ring (bicyclic) bond motifs is 1. The number of primary amides is 1. The van der Waals surface area contributed by atoms with Crippen LogP contribution < -0.4 is 21.7 Å². The number of urea groups is 1. The third-order valence-corrected chi connectivity index (χ3v) is 9.52. The minimum atomic E-state index is -1.06. The summed E-state index contributed by atoms with van der Waals surface area (Å²) in [5, 5.41) is 8.57. The number of ketones is 1. The van der Waals surface area contributed by atoms with Gasteiger partial charge in [0.05, 0.1) is 6.04 Å². The van der Waals surface area contributed by atoms with Crippen molar-refractivity contribution >= 4 is 29.5 Å². The number of hydrogen-bond acceptors (Lipinski definition) is 5. The van der Waals surface area contributed by atoms with Gasteiger partial charge < -0.3 is 26.6 Å². The van der Waals surface area contributed by atoms with Crippen LogP contribution in [0.15, 0.2) is 0 Å². The van der Waals surface area contributed by atoms with Gasteiger partial charge in [-0.15, -0.1) is 0 Å². The molecule has 10 nitrogen and oxygen atoms in total. The Labute approximate surface area is 225 Å². The molecule has 4 fully saturated rings. The van der Waals surface area contributed by atoms with E-state index in [0.717, 1.165) is 51.4 Å². The van der Waals surface area contributed by atoms with Crippen molar-refractivity contribution in [1.82, 2.24) is 20.9 Å². The lowest BCUT2D eigenvalue weighted by Crippen LogP contribution is -2.60. The predicted molar refractivity (Wildman–Crippen MR) is 142 cm³/mol. The molecule has 38 heavy (non-hydrogen) atoms. The molecule has 0 radical (unpaired) electrons. The summed E-state index contributed by atoms with van der Waals surface area (Å²) in [5.74, 6) is -2.11. The molecule has 4 aliphatic rings. The number of hydrogen-bond donors (Lipinski definition) is 4. The Balaban J connectivity index is 1.55. The quantitative estimate of drug-likeness (QED) is 0.317. The third-order valence-electron chi connectivity index (χ3n) is 9.52. The summed E-state index contributed by atoms with van der Waals surface area (Å²) >= 11 is 0. The molecule has 0 aromatic carbocycles. The molecule has 0 bridgehead atoms. The number of carbonyl (C=O) groups excluding carboxylic acids is 5. The summed E-state index contributed by atoms with van der Waals surface area (Å²) in [6.45, 7) is 8.35. The molecule has 4 rings (SSSR count). The fraction of sp³-hybridized carbons (Fsp3) is 0.821. The SMILES string of the molecule is CC(C)NC(=O)NC(C(=O)N1CC2C([C@H]1C(=O)NC(CC1CCC1)C(=O)C(N)=O)C2(C)C)C1CCCCC1. The molecule has 212 valence electrons. The first-order valence-corrected chi connectivity index (χ1v) is 14.4. The van der Waals surface area contributed by atoms with Crippen molar-refractivity contribution in [3.05, 3.63) is 0 Å². The van der Waals surface area contributed by atoms with Gasteiger partial charge in [-0.1, -0.05) is 52.4 Å². The molecule has 5 N–H and O–H groups in total. The van der Waals surface area contributed by atoms with E-state index in [1.807, 2.05) is 13.8 Å². The largest absolute Gasteiger partial charge is 0.363 e. The van der Waals surface area contributed by atoms with Crippen molar-refractivity contribution in [2.24, 2.45) is 34.8 Å². The Hall–Kier alpha value is -2.65. The molecule has 1 aliphatic heterocycles. The lowest BCUT2D eigenvalue weighted by atomic mass is 9.80. The van der Waals surface area contributed by atoms with Crippen LogP contribution in [-0.4, -0.2) is 65.1 Å². The smallest absolute Gasteiger partial charge is 0.315 e. The lowest BCUT2D eigenvalue weighted by molar-refractivity contribution is -0.144. The normalized spacial score (nSPS) is 28.0. The highest BCUT2D eigenvalue weighted by atomic mass is 16.2. The van der Waals surface area contributed by atoms with E-state index in [2.05, 4.69) is 29.8 Å². The van der Waals surface area contributed by atoms with Crippen LogP contribution in [0.5, 0.6) is 0 Å². The molecular formula is C28H45N5O5. The van der Waals surface area contributed by atoms with E-state index in [-0.39, 0.29) is 47.1 Å². The van der Waals surface area contributed by atoms with E-state index < -0.39 is 35.7 Å². The fourth-order valence-electron chi connectivity index (χ4n) is 7.01. The molecule has 5 atom stereocenters. The number of carbonyl (C=O) groups is 5. The van der Waals surface area contributed by atoms with Crippen molar-refractivity contribution in [3.63, 3.8) is 0 Å². The number of Topliss-reactive ketones (excluding diaryl/α,β-unsaturated/α-hetero) is 1. The summed E-state index contributed by atoms with van der Waals surface area (Å²) in [4.78, 5) is 66.5. The molecule has 4 unspecified atom stereocenters. The molecule has 10 heteroatoms. The Morgan fingerprint density at radius 1 is 0.921 bits per heavy atom. The zero-order valence-corrected chi connectivity index (χ0v) is 23.3. The van der Waals surface area contributed by atoms with E-state index in [1.165, 1.54) is 0 Å². The zero-order chi connectivity index (χ0) is 27.8. The second-order valence-electron chi connectivity index (χ2n) is 12.9. The van der Waals surface area contributed by atoms with Crippen LogP contribution in [0.1, 0.15) is 85.5 Å². The summed E-state index contributed by atoms with van der Waals surface area (Å²) in [5.41, 5.74) is 5.20. The van der Waals surface area contributed by atoms with E-state index >= 15 is 0 Å². The number of piperidine rings is 1. The molecule has 3 saturated carbocycles. The van der Waals surface area contributed by atoms with E-state index in [4.69, 9.17) is 5.73 Å². The van der Waals surface area contributed by atoms with Gasteiger partial charge in [-0.05, 0) is 62.2 Å². The highest BCUT2D eigenvalue weighted by molar-refractivity contribution is 6.37. The first kappa shape index (κ1) is 28.4. The monoisotopic (exact) mass is 531 g/mol. The van der Waals surface area contributed by atoms with Crippen molar-refractivity contribution in [2.75, 3.05) is 6.54 Å². The van der Waals surface area contributed by atoms with Crippen LogP contribution >= 0.6 is 0 Å². The van der Waals surface area contributed by atoms with Crippen LogP contribution in [0, 0.1) is 29.1 Å². The topological polar surface area (TPSA) is 151 Å².